The summed E-state index contributed by atoms with van der Waals surface area (Å²) in [7, 11) is 1.64. The molecule has 2 atom stereocenters. The fourth-order valence-electron chi connectivity index (χ4n) is 3.25. The predicted molar refractivity (Wildman–Crippen MR) is 80.6 cm³/mol. The largest absolute Gasteiger partial charge is 0.497 e. The number of nitrogens with zero attached hydrogens (tertiary/aromatic N) is 3. The number of ether oxygens (including phenoxy) is 1. The van der Waals surface area contributed by atoms with Gasteiger partial charge in [-0.05, 0) is 24.1 Å². The van der Waals surface area contributed by atoms with Crippen LogP contribution in [0.3, 0.4) is 0 Å². The van der Waals surface area contributed by atoms with Crippen molar-refractivity contribution in [1.82, 2.24) is 14.8 Å². The number of methoxy groups -OCH3 is 1. The average molecular weight is 296 g/mol. The number of Topliss-reactive ketones (excluding diaryl/α,β-unsaturated/α-hetero) is 1. The third-order valence-corrected chi connectivity index (χ3v) is 4.30. The average Bonchev–Trinajstić information content (AvgIpc) is 3.01. The highest BCUT2D eigenvalue weighted by atomic mass is 16.5. The smallest absolute Gasteiger partial charge is 0.226 e. The van der Waals surface area contributed by atoms with Crippen molar-refractivity contribution in [1.29, 1.82) is 0 Å². The fraction of sp³-hybridized carbons (Fsp3) is 0.312. The van der Waals surface area contributed by atoms with Gasteiger partial charge >= 0.3 is 0 Å². The van der Waals surface area contributed by atoms with Crippen molar-refractivity contribution in [2.45, 2.75) is 18.9 Å². The first-order chi connectivity index (χ1) is 10.8. The van der Waals surface area contributed by atoms with Gasteiger partial charge in [0.05, 0.1) is 19.1 Å². The van der Waals surface area contributed by atoms with Crippen LogP contribution in [-0.2, 0) is 4.79 Å². The van der Waals surface area contributed by atoms with Gasteiger partial charge in [-0.3, -0.25) is 4.79 Å². The molecule has 0 radical (unpaired) electrons. The molecule has 0 saturated heterocycles. The molecule has 0 spiro atoms. The second kappa shape index (κ2) is 4.98. The molecule has 1 aromatic carbocycles. The Morgan fingerprint density at radius 1 is 1.32 bits per heavy atom. The fourth-order valence-corrected chi connectivity index (χ4v) is 3.25. The van der Waals surface area contributed by atoms with E-state index in [1.807, 2.05) is 24.3 Å². The Hall–Kier alpha value is -2.63. The molecule has 1 aliphatic heterocycles. The Bertz CT molecular complexity index is 748. The molecule has 4 rings (SSSR count). The number of rotatable bonds is 2. The lowest BCUT2D eigenvalue weighted by atomic mass is 9.81. The number of carbonyl (C=O) groups excluding carboxylic acids is 1. The number of anilines is 1. The first-order valence-electron chi connectivity index (χ1n) is 7.31. The molecule has 2 aliphatic rings. The molecule has 6 nitrogen and oxygen atoms in total. The van der Waals surface area contributed by atoms with Crippen LogP contribution in [0, 0.1) is 5.92 Å². The van der Waals surface area contributed by atoms with E-state index in [9.17, 15) is 4.79 Å². The second-order valence-corrected chi connectivity index (χ2v) is 5.51. The number of allylic oxidation sites excluding steroid dienone is 2. The number of hydrogen-bond acceptors (Lipinski definition) is 5. The van der Waals surface area contributed by atoms with Crippen LogP contribution in [0.2, 0.25) is 0 Å². The van der Waals surface area contributed by atoms with Gasteiger partial charge in [-0.1, -0.05) is 18.2 Å². The maximum absolute atomic E-state index is 12.5. The summed E-state index contributed by atoms with van der Waals surface area (Å²) in [6.07, 6.45) is 4.97. The summed E-state index contributed by atoms with van der Waals surface area (Å²) in [6.45, 7) is 0. The van der Waals surface area contributed by atoms with Gasteiger partial charge < -0.3 is 10.1 Å². The molecule has 2 aromatic rings. The molecule has 22 heavy (non-hydrogen) atoms. The molecule has 0 amide bonds. The van der Waals surface area contributed by atoms with Crippen LogP contribution in [0.1, 0.15) is 24.4 Å². The first-order valence-corrected chi connectivity index (χ1v) is 7.31. The topological polar surface area (TPSA) is 69.0 Å². The third kappa shape index (κ3) is 1.91. The summed E-state index contributed by atoms with van der Waals surface area (Å²) in [5.41, 5.74) is 1.97. The van der Waals surface area contributed by atoms with Gasteiger partial charge in [0.15, 0.2) is 0 Å². The van der Waals surface area contributed by atoms with Crippen LogP contribution in [0.4, 0.5) is 5.95 Å². The van der Waals surface area contributed by atoms with E-state index < -0.39 is 0 Å². The maximum Gasteiger partial charge on any atom is 0.226 e. The van der Waals surface area contributed by atoms with Crippen LogP contribution in [-0.4, -0.2) is 27.7 Å². The molecule has 0 saturated carbocycles. The maximum atomic E-state index is 12.5. The Morgan fingerprint density at radius 3 is 2.91 bits per heavy atom. The standard InChI is InChI=1S/C16H16N4O2/c1-22-11-7-5-10(6-8-11)15-14-12(3-2-4-13(14)21)19-16-17-9-18-20(15)16/h3,5-9,14-15H,2,4H2,1H3,(H,17,18,19). The lowest BCUT2D eigenvalue weighted by Crippen LogP contribution is -2.38. The van der Waals surface area contributed by atoms with E-state index in [1.165, 1.54) is 6.33 Å². The summed E-state index contributed by atoms with van der Waals surface area (Å²) in [4.78, 5) is 16.7. The molecule has 0 fully saturated rings. The van der Waals surface area contributed by atoms with Crippen molar-refractivity contribution in [3.8, 4) is 5.75 Å². The van der Waals surface area contributed by atoms with Crippen molar-refractivity contribution in [3.05, 3.63) is 47.9 Å². The van der Waals surface area contributed by atoms with E-state index in [1.54, 1.807) is 11.8 Å². The normalized spacial score (nSPS) is 23.1. The number of benzene rings is 1. The summed E-state index contributed by atoms with van der Waals surface area (Å²) in [5.74, 6) is 1.49. The first kappa shape index (κ1) is 13.1. The van der Waals surface area contributed by atoms with Crippen molar-refractivity contribution in [2.24, 2.45) is 5.92 Å². The molecule has 1 aliphatic carbocycles. The molecular formula is C16H16N4O2. The molecule has 2 heterocycles. The van der Waals surface area contributed by atoms with Gasteiger partial charge in [-0.15, -0.1) is 0 Å². The quantitative estimate of drug-likeness (QED) is 0.919. The van der Waals surface area contributed by atoms with E-state index in [2.05, 4.69) is 21.5 Å². The van der Waals surface area contributed by atoms with Crippen LogP contribution in [0.25, 0.3) is 0 Å². The van der Waals surface area contributed by atoms with Gasteiger partial charge in [-0.25, -0.2) is 4.68 Å². The summed E-state index contributed by atoms with van der Waals surface area (Å²) in [6, 6.07) is 7.62. The minimum Gasteiger partial charge on any atom is -0.497 e. The zero-order valence-corrected chi connectivity index (χ0v) is 12.2. The lowest BCUT2D eigenvalue weighted by Gasteiger charge is -2.36. The highest BCUT2D eigenvalue weighted by molar-refractivity contribution is 5.87. The summed E-state index contributed by atoms with van der Waals surface area (Å²) in [5, 5.41) is 7.55. The van der Waals surface area contributed by atoms with Gasteiger partial charge in [0.25, 0.3) is 0 Å². The van der Waals surface area contributed by atoms with E-state index >= 15 is 0 Å². The lowest BCUT2D eigenvalue weighted by molar-refractivity contribution is -0.123. The number of aromatic nitrogens is 3. The van der Waals surface area contributed by atoms with Crippen LogP contribution in [0.5, 0.6) is 5.75 Å². The Balaban J connectivity index is 1.85. The predicted octanol–water partition coefficient (Wildman–Crippen LogP) is 2.16. The highest BCUT2D eigenvalue weighted by Crippen LogP contribution is 2.41. The molecule has 6 heteroatoms. The Morgan fingerprint density at radius 2 is 2.14 bits per heavy atom. The van der Waals surface area contributed by atoms with Gasteiger partial charge in [0.1, 0.15) is 17.9 Å². The summed E-state index contributed by atoms with van der Waals surface area (Å²) < 4.78 is 7.01. The van der Waals surface area contributed by atoms with E-state index in [-0.39, 0.29) is 17.7 Å². The Kier molecular flexibility index (Phi) is 2.96. The molecule has 1 aromatic heterocycles. The SMILES string of the molecule is COc1ccc(C2C3C(=O)CCC=C3Nc3ncnn32)cc1. The monoisotopic (exact) mass is 296 g/mol. The van der Waals surface area contributed by atoms with Crippen molar-refractivity contribution in [2.75, 3.05) is 12.4 Å². The van der Waals surface area contributed by atoms with Gasteiger partial charge in [0.2, 0.25) is 5.95 Å². The zero-order chi connectivity index (χ0) is 15.1. The summed E-state index contributed by atoms with van der Waals surface area (Å²) >= 11 is 0. The van der Waals surface area contributed by atoms with Crippen molar-refractivity contribution in [3.63, 3.8) is 0 Å². The number of fused-ring (bicyclic) bond motifs is 2. The van der Waals surface area contributed by atoms with Crippen molar-refractivity contribution >= 4 is 11.7 Å². The molecule has 112 valence electrons. The van der Waals surface area contributed by atoms with Crippen molar-refractivity contribution < 1.29 is 9.53 Å². The van der Waals surface area contributed by atoms with E-state index in [0.29, 0.717) is 12.4 Å². The number of nitrogens with one attached hydrogen (secondary N) is 1. The van der Waals surface area contributed by atoms with Crippen LogP contribution < -0.4 is 10.1 Å². The third-order valence-electron chi connectivity index (χ3n) is 4.30. The molecule has 2 unspecified atom stereocenters. The molecule has 0 bridgehead atoms. The minimum absolute atomic E-state index is 0.163. The molecule has 1 N–H and O–H groups in total. The molecular weight excluding hydrogens is 280 g/mol. The highest BCUT2D eigenvalue weighted by Gasteiger charge is 2.40. The second-order valence-electron chi connectivity index (χ2n) is 5.51. The van der Waals surface area contributed by atoms with Crippen LogP contribution >= 0.6 is 0 Å². The van der Waals surface area contributed by atoms with E-state index in [0.717, 1.165) is 23.4 Å². The number of carbonyl (C=O) groups is 1. The van der Waals surface area contributed by atoms with Gasteiger partial charge in [-0.2, -0.15) is 10.1 Å². The minimum atomic E-state index is -0.226. The zero-order valence-electron chi connectivity index (χ0n) is 12.2. The Labute approximate surface area is 127 Å². The number of ketones is 1. The van der Waals surface area contributed by atoms with E-state index in [4.69, 9.17) is 4.74 Å². The van der Waals surface area contributed by atoms with Gasteiger partial charge in [0, 0.05) is 12.1 Å². The van der Waals surface area contributed by atoms with Crippen LogP contribution in [0.15, 0.2) is 42.4 Å². The number of hydrogen-bond donors (Lipinski definition) is 1.